The van der Waals surface area contributed by atoms with E-state index in [4.69, 9.17) is 10.5 Å². The minimum atomic E-state index is 0.382. The molecule has 0 aliphatic carbocycles. The number of hydrogen-bond donors (Lipinski definition) is 1. The monoisotopic (exact) mass is 283 g/mol. The first-order valence-electron chi connectivity index (χ1n) is 8.22. The van der Waals surface area contributed by atoms with Crippen molar-refractivity contribution in [2.75, 3.05) is 52.5 Å². The fraction of sp³-hybridized carbons (Fsp3) is 1.00. The molecule has 0 radical (unpaired) electrons. The van der Waals surface area contributed by atoms with Crippen LogP contribution in [0.2, 0.25) is 0 Å². The van der Waals surface area contributed by atoms with E-state index in [1.165, 1.54) is 32.5 Å². The third kappa shape index (κ3) is 4.99. The number of hydrogen-bond acceptors (Lipinski definition) is 4. The molecule has 118 valence electrons. The van der Waals surface area contributed by atoms with E-state index >= 15 is 0 Å². The normalized spacial score (nSPS) is 27.9. The molecule has 20 heavy (non-hydrogen) atoms. The van der Waals surface area contributed by atoms with Gasteiger partial charge in [-0.3, -0.25) is 4.90 Å². The molecule has 0 aromatic rings. The van der Waals surface area contributed by atoms with Gasteiger partial charge in [0.15, 0.2) is 0 Å². The van der Waals surface area contributed by atoms with Crippen molar-refractivity contribution in [1.82, 2.24) is 9.80 Å². The lowest BCUT2D eigenvalue weighted by atomic mass is 9.84. The fourth-order valence-corrected chi connectivity index (χ4v) is 3.67. The summed E-state index contributed by atoms with van der Waals surface area (Å²) in [6.07, 6.45) is 2.54. The van der Waals surface area contributed by atoms with Gasteiger partial charge in [-0.15, -0.1) is 0 Å². The zero-order valence-electron chi connectivity index (χ0n) is 13.6. The summed E-state index contributed by atoms with van der Waals surface area (Å²) in [7, 11) is 0. The molecule has 0 bridgehead atoms. The highest BCUT2D eigenvalue weighted by atomic mass is 16.5. The third-order valence-corrected chi connectivity index (χ3v) is 4.56. The number of nitrogens with two attached hydrogens (primary N) is 1. The maximum absolute atomic E-state index is 5.98. The van der Waals surface area contributed by atoms with Crippen LogP contribution >= 0.6 is 0 Å². The van der Waals surface area contributed by atoms with Gasteiger partial charge in [0, 0.05) is 32.2 Å². The Morgan fingerprint density at radius 2 is 1.90 bits per heavy atom. The van der Waals surface area contributed by atoms with E-state index in [0.717, 1.165) is 38.9 Å². The highest BCUT2D eigenvalue weighted by Crippen LogP contribution is 2.26. The van der Waals surface area contributed by atoms with E-state index in [1.54, 1.807) is 0 Å². The van der Waals surface area contributed by atoms with Gasteiger partial charge in [0.2, 0.25) is 0 Å². The molecule has 0 aromatic carbocycles. The topological polar surface area (TPSA) is 41.7 Å². The maximum atomic E-state index is 5.98. The maximum Gasteiger partial charge on any atom is 0.0594 e. The summed E-state index contributed by atoms with van der Waals surface area (Å²) in [5, 5.41) is 0. The molecule has 0 saturated carbocycles. The first-order valence-corrected chi connectivity index (χ1v) is 8.22. The number of likely N-dealkylation sites (tertiary alicyclic amines) is 1. The van der Waals surface area contributed by atoms with Gasteiger partial charge in [-0.25, -0.2) is 0 Å². The van der Waals surface area contributed by atoms with Crippen molar-refractivity contribution >= 4 is 0 Å². The van der Waals surface area contributed by atoms with Crippen molar-refractivity contribution in [3.05, 3.63) is 0 Å². The summed E-state index contributed by atoms with van der Waals surface area (Å²) in [6, 6.07) is 0.743. The molecule has 2 fully saturated rings. The fourth-order valence-electron chi connectivity index (χ4n) is 3.67. The van der Waals surface area contributed by atoms with Crippen LogP contribution in [0.5, 0.6) is 0 Å². The lowest BCUT2D eigenvalue weighted by molar-refractivity contribution is 0.0181. The summed E-state index contributed by atoms with van der Waals surface area (Å²) >= 11 is 0. The molecule has 2 N–H and O–H groups in total. The highest BCUT2D eigenvalue weighted by molar-refractivity contribution is 4.86. The zero-order valence-corrected chi connectivity index (χ0v) is 13.6. The molecule has 2 unspecified atom stereocenters. The van der Waals surface area contributed by atoms with Crippen LogP contribution in [0.1, 0.15) is 33.6 Å². The van der Waals surface area contributed by atoms with Crippen LogP contribution in [0, 0.1) is 11.3 Å². The molecular weight excluding hydrogens is 250 g/mol. The van der Waals surface area contributed by atoms with Crippen molar-refractivity contribution in [2.45, 2.75) is 39.7 Å². The molecule has 2 saturated heterocycles. The second kappa shape index (κ2) is 7.21. The number of rotatable bonds is 5. The predicted molar refractivity (Wildman–Crippen MR) is 83.9 cm³/mol. The largest absolute Gasteiger partial charge is 0.379 e. The van der Waals surface area contributed by atoms with Crippen molar-refractivity contribution in [3.63, 3.8) is 0 Å². The van der Waals surface area contributed by atoms with Gasteiger partial charge in [-0.05, 0) is 37.3 Å². The lowest BCUT2D eigenvalue weighted by Crippen LogP contribution is -2.45. The van der Waals surface area contributed by atoms with Crippen molar-refractivity contribution in [1.29, 1.82) is 0 Å². The summed E-state index contributed by atoms with van der Waals surface area (Å²) in [4.78, 5) is 5.24. The van der Waals surface area contributed by atoms with E-state index in [0.29, 0.717) is 11.3 Å². The van der Waals surface area contributed by atoms with Crippen LogP contribution in [0.3, 0.4) is 0 Å². The van der Waals surface area contributed by atoms with Gasteiger partial charge >= 0.3 is 0 Å². The second-order valence-electron chi connectivity index (χ2n) is 7.72. The van der Waals surface area contributed by atoms with Crippen LogP contribution in [0.15, 0.2) is 0 Å². The first kappa shape index (κ1) is 16.2. The Balaban J connectivity index is 1.76. The van der Waals surface area contributed by atoms with E-state index in [1.807, 2.05) is 0 Å². The lowest BCUT2D eigenvalue weighted by Gasteiger charge is -2.33. The quantitative estimate of drug-likeness (QED) is 0.828. The molecule has 2 aliphatic heterocycles. The second-order valence-corrected chi connectivity index (χ2v) is 7.72. The Labute approximate surface area is 124 Å². The smallest absolute Gasteiger partial charge is 0.0594 e. The van der Waals surface area contributed by atoms with Gasteiger partial charge < -0.3 is 15.4 Å². The van der Waals surface area contributed by atoms with Crippen LogP contribution in [-0.2, 0) is 4.74 Å². The van der Waals surface area contributed by atoms with Gasteiger partial charge in [-0.1, -0.05) is 20.8 Å². The summed E-state index contributed by atoms with van der Waals surface area (Å²) in [5.74, 6) is 0.637. The molecule has 0 aromatic heterocycles. The van der Waals surface area contributed by atoms with Crippen molar-refractivity contribution in [2.24, 2.45) is 17.1 Å². The Bertz CT molecular complexity index is 284. The summed E-state index contributed by atoms with van der Waals surface area (Å²) < 4.78 is 5.45. The van der Waals surface area contributed by atoms with E-state index in [9.17, 15) is 0 Å². The van der Waals surface area contributed by atoms with Gasteiger partial charge in [0.1, 0.15) is 0 Å². The zero-order chi connectivity index (χ0) is 14.6. The van der Waals surface area contributed by atoms with E-state index < -0.39 is 0 Å². The van der Waals surface area contributed by atoms with Crippen molar-refractivity contribution < 1.29 is 4.74 Å². The minimum absolute atomic E-state index is 0.382. The number of nitrogens with zero attached hydrogens (tertiary/aromatic N) is 2. The average molecular weight is 283 g/mol. The SMILES string of the molecule is CC(C)(C)CC(CN)CN1CCC(N2CCOCC2)C1. The number of morpholine rings is 1. The molecule has 2 rings (SSSR count). The third-order valence-electron chi connectivity index (χ3n) is 4.56. The van der Waals surface area contributed by atoms with Crippen LogP contribution < -0.4 is 5.73 Å². The molecule has 2 heterocycles. The summed E-state index contributed by atoms with van der Waals surface area (Å²) in [6.45, 7) is 15.4. The predicted octanol–water partition coefficient (Wildman–Crippen LogP) is 1.40. The van der Waals surface area contributed by atoms with Gasteiger partial charge in [0.25, 0.3) is 0 Å². The molecule has 2 atom stereocenters. The Kier molecular flexibility index (Phi) is 5.84. The molecule has 2 aliphatic rings. The van der Waals surface area contributed by atoms with E-state index in [-0.39, 0.29) is 0 Å². The van der Waals surface area contributed by atoms with E-state index in [2.05, 4.69) is 30.6 Å². The Morgan fingerprint density at radius 3 is 2.50 bits per heavy atom. The Hall–Kier alpha value is -0.160. The molecular formula is C16H33N3O. The highest BCUT2D eigenvalue weighted by Gasteiger charge is 2.30. The van der Waals surface area contributed by atoms with Crippen LogP contribution in [-0.4, -0.2) is 68.3 Å². The van der Waals surface area contributed by atoms with Crippen LogP contribution in [0.25, 0.3) is 0 Å². The van der Waals surface area contributed by atoms with Gasteiger partial charge in [-0.2, -0.15) is 0 Å². The molecule has 4 heteroatoms. The van der Waals surface area contributed by atoms with Gasteiger partial charge in [0.05, 0.1) is 13.2 Å². The standard InChI is InChI=1S/C16H33N3O/c1-16(2,3)10-14(11-17)12-18-5-4-15(13-18)19-6-8-20-9-7-19/h14-15H,4-13,17H2,1-3H3. The molecule has 0 spiro atoms. The van der Waals surface area contributed by atoms with Crippen molar-refractivity contribution in [3.8, 4) is 0 Å². The number of ether oxygens (including phenoxy) is 1. The summed E-state index contributed by atoms with van der Waals surface area (Å²) in [5.41, 5.74) is 6.36. The molecule has 4 nitrogen and oxygen atoms in total. The molecule has 0 amide bonds. The minimum Gasteiger partial charge on any atom is -0.379 e. The van der Waals surface area contributed by atoms with Crippen LogP contribution in [0.4, 0.5) is 0 Å². The Morgan fingerprint density at radius 1 is 1.20 bits per heavy atom. The first-order chi connectivity index (χ1) is 9.48. The average Bonchev–Trinajstić information content (AvgIpc) is 2.86.